The first kappa shape index (κ1) is 28.0. The van der Waals surface area contributed by atoms with Crippen LogP contribution in [0.25, 0.3) is 55.6 Å². The van der Waals surface area contributed by atoms with Crippen LogP contribution in [0.15, 0.2) is 112 Å². The second kappa shape index (κ2) is 10.00. The Bertz CT molecular complexity index is 2520. The predicted octanol–water partition coefficient (Wildman–Crippen LogP) is 10.7. The summed E-state index contributed by atoms with van der Waals surface area (Å²) < 4.78 is 21.6. The highest BCUT2D eigenvalue weighted by atomic mass is 16.3. The van der Waals surface area contributed by atoms with Gasteiger partial charge in [0.1, 0.15) is 27.9 Å². The molecule has 0 saturated carbocycles. The Kier molecular flexibility index (Phi) is 5.84. The smallest absolute Gasteiger partial charge is 0.417 e. The molecule has 6 aromatic rings. The molecule has 1 aliphatic carbocycles. The van der Waals surface area contributed by atoms with Crippen molar-refractivity contribution in [2.24, 2.45) is 0 Å². The van der Waals surface area contributed by atoms with Crippen LogP contribution in [0.2, 0.25) is 0 Å². The first-order valence-corrected chi connectivity index (χ1v) is 17.2. The Labute approximate surface area is 284 Å². The molecule has 1 spiro atoms. The van der Waals surface area contributed by atoms with Gasteiger partial charge in [-0.25, -0.2) is 0 Å². The Morgan fingerprint density at radius 2 is 1.58 bits per heavy atom. The van der Waals surface area contributed by atoms with E-state index in [1.807, 2.05) is 13.8 Å². The van der Waals surface area contributed by atoms with E-state index in [1.54, 1.807) is 0 Å². The zero-order chi connectivity index (χ0) is 34.1. The van der Waals surface area contributed by atoms with Crippen LogP contribution < -0.4 is 9.13 Å². The number of pyridine rings is 2. The number of nitrogens with zero attached hydrogens (tertiary/aromatic N) is 2. The van der Waals surface area contributed by atoms with Crippen molar-refractivity contribution in [3.63, 3.8) is 0 Å². The van der Waals surface area contributed by atoms with Crippen molar-refractivity contribution >= 4 is 33.1 Å². The monoisotopic (exact) mass is 627 g/mol. The van der Waals surface area contributed by atoms with Gasteiger partial charge in [0.15, 0.2) is 12.4 Å². The van der Waals surface area contributed by atoms with Crippen molar-refractivity contribution in [3.8, 4) is 22.5 Å². The van der Waals surface area contributed by atoms with Crippen molar-refractivity contribution in [1.29, 1.82) is 0 Å². The summed E-state index contributed by atoms with van der Waals surface area (Å²) in [7, 11) is 0. The number of aromatic nitrogens is 2. The highest BCUT2D eigenvalue weighted by Crippen LogP contribution is 2.52. The van der Waals surface area contributed by atoms with Crippen LogP contribution in [0.4, 0.5) is 0 Å². The molecule has 0 saturated heterocycles. The highest BCUT2D eigenvalue weighted by Gasteiger charge is 2.67. The van der Waals surface area contributed by atoms with Crippen molar-refractivity contribution in [1.82, 2.24) is 0 Å². The summed E-state index contributed by atoms with van der Waals surface area (Å²) in [6.07, 6.45) is 7.67. The van der Waals surface area contributed by atoms with E-state index in [9.17, 15) is 1.37 Å². The van der Waals surface area contributed by atoms with Gasteiger partial charge in [-0.2, -0.15) is 0 Å². The van der Waals surface area contributed by atoms with Gasteiger partial charge in [-0.05, 0) is 112 Å². The zero-order valence-electron chi connectivity index (χ0n) is 30.2. The summed E-state index contributed by atoms with van der Waals surface area (Å²) in [6, 6.07) is 26.9. The second-order valence-electron chi connectivity index (χ2n) is 14.4. The average Bonchev–Trinajstić information content (AvgIpc) is 3.78. The normalized spacial score (nSPS) is 17.9. The maximum Gasteiger partial charge on any atom is 0.417 e. The molecule has 5 heterocycles. The van der Waals surface area contributed by atoms with Crippen LogP contribution in [0.1, 0.15) is 96.0 Å². The van der Waals surface area contributed by atoms with Gasteiger partial charge >= 0.3 is 5.66 Å². The lowest BCUT2D eigenvalue weighted by atomic mass is 9.87. The summed E-state index contributed by atoms with van der Waals surface area (Å²) in [5.41, 5.74) is 19.4. The molecule has 0 N–H and O–H groups in total. The van der Waals surface area contributed by atoms with Crippen LogP contribution in [-0.4, -0.2) is 0 Å². The maximum absolute atomic E-state index is 9.54. The van der Waals surface area contributed by atoms with Crippen molar-refractivity contribution in [2.45, 2.75) is 73.4 Å². The molecule has 3 aromatic carbocycles. The lowest BCUT2D eigenvalue weighted by Crippen LogP contribution is -2.71. The van der Waals surface area contributed by atoms with Crippen LogP contribution in [0.3, 0.4) is 0 Å². The first-order chi connectivity index (χ1) is 23.5. The molecule has 1 unspecified atom stereocenters. The number of benzene rings is 3. The number of furan rings is 1. The van der Waals surface area contributed by atoms with E-state index in [4.69, 9.17) is 4.42 Å². The fraction of sp³-hybridized carbons (Fsp3) is 0.244. The molecule has 3 nitrogen and oxygen atoms in total. The van der Waals surface area contributed by atoms with Gasteiger partial charge in [-0.3, -0.25) is 0 Å². The maximum atomic E-state index is 9.54. The van der Waals surface area contributed by atoms with Crippen molar-refractivity contribution < 1.29 is 14.9 Å². The molecule has 3 heteroatoms. The molecule has 1 atom stereocenters. The van der Waals surface area contributed by atoms with Gasteiger partial charge in [0, 0.05) is 41.5 Å². The summed E-state index contributed by atoms with van der Waals surface area (Å²) in [5.74, 6) is -0.860. The molecule has 0 amide bonds. The number of hydrogen-bond donors (Lipinski definition) is 0. The largest absolute Gasteiger partial charge is 0.454 e. The summed E-state index contributed by atoms with van der Waals surface area (Å²) in [4.78, 5) is 0. The molecule has 9 rings (SSSR count). The molecule has 3 aliphatic rings. The first-order valence-electron chi connectivity index (χ1n) is 17.7. The molecule has 3 aromatic heterocycles. The van der Waals surface area contributed by atoms with E-state index in [-0.39, 0.29) is 0 Å². The van der Waals surface area contributed by atoms with Gasteiger partial charge in [0.05, 0.1) is 5.56 Å². The van der Waals surface area contributed by atoms with E-state index in [2.05, 4.69) is 142 Å². The molecule has 48 heavy (non-hydrogen) atoms. The Balaban J connectivity index is 1.50. The topological polar surface area (TPSA) is 20.9 Å². The van der Waals surface area contributed by atoms with E-state index < -0.39 is 11.6 Å². The minimum absolute atomic E-state index is 0.696. The Morgan fingerprint density at radius 3 is 2.33 bits per heavy atom. The standard InChI is InChI=1S/C45H42N2O/c1-9-27(6)40(26(4)5)34-23-39-42-37(20-19-32-31-18-17-30-22-28(7)29(8)41(30)43(31)48-44(32)42)45(47(39)24-35(34)25(2)3)36-15-11-10-14-33(36)38-16-12-13-21-46(38)45/h9-21,23-25H,22H2,1-8H3/q+2/b27-9-/i25D. The zero-order valence-corrected chi connectivity index (χ0v) is 29.2. The van der Waals surface area contributed by atoms with Gasteiger partial charge in [0.25, 0.3) is 0 Å². The Morgan fingerprint density at radius 1 is 0.854 bits per heavy atom. The van der Waals surface area contributed by atoms with E-state index >= 15 is 0 Å². The van der Waals surface area contributed by atoms with Gasteiger partial charge < -0.3 is 4.42 Å². The summed E-state index contributed by atoms with van der Waals surface area (Å²) in [6.45, 7) is 17.2. The fourth-order valence-corrected chi connectivity index (χ4v) is 9.05. The molecular formula is C45H42N2O+2. The van der Waals surface area contributed by atoms with Crippen molar-refractivity contribution in [2.75, 3.05) is 0 Å². The second-order valence-corrected chi connectivity index (χ2v) is 14.4. The molecule has 0 radical (unpaired) electrons. The van der Waals surface area contributed by atoms with Gasteiger partial charge in [0.2, 0.25) is 11.4 Å². The van der Waals surface area contributed by atoms with Crippen molar-refractivity contribution in [3.05, 3.63) is 141 Å². The lowest BCUT2D eigenvalue weighted by molar-refractivity contribution is -0.955. The number of fused-ring (bicyclic) bond motifs is 16. The lowest BCUT2D eigenvalue weighted by Gasteiger charge is -2.21. The van der Waals surface area contributed by atoms with Crippen LogP contribution in [-0.2, 0) is 12.1 Å². The third-order valence-corrected chi connectivity index (χ3v) is 11.4. The van der Waals surface area contributed by atoms with Gasteiger partial charge in [-0.1, -0.05) is 55.3 Å². The van der Waals surface area contributed by atoms with E-state index in [0.29, 0.717) is 0 Å². The quantitative estimate of drug-likeness (QED) is 0.141. The average molecular weight is 628 g/mol. The minimum atomic E-state index is -0.860. The van der Waals surface area contributed by atoms with Gasteiger partial charge in [-0.15, -0.1) is 9.13 Å². The third-order valence-electron chi connectivity index (χ3n) is 11.4. The highest BCUT2D eigenvalue weighted by molar-refractivity contribution is 6.13. The van der Waals surface area contributed by atoms with Crippen LogP contribution in [0, 0.1) is 0 Å². The van der Waals surface area contributed by atoms with Crippen LogP contribution in [0.5, 0.6) is 0 Å². The third kappa shape index (κ3) is 3.49. The number of allylic oxidation sites excluding steroid dienone is 6. The van der Waals surface area contributed by atoms with E-state index in [0.717, 1.165) is 50.7 Å². The Hall–Kier alpha value is -5.02. The molecule has 0 fully saturated rings. The molecule has 2 aliphatic heterocycles. The predicted molar refractivity (Wildman–Crippen MR) is 197 cm³/mol. The fourth-order valence-electron chi connectivity index (χ4n) is 9.05. The number of rotatable bonds is 3. The van der Waals surface area contributed by atoms with Crippen LogP contribution >= 0.6 is 0 Å². The molecule has 0 bridgehead atoms. The molecule has 236 valence electrons. The molecular weight excluding hydrogens is 585 g/mol. The summed E-state index contributed by atoms with van der Waals surface area (Å²) >= 11 is 0. The van der Waals surface area contributed by atoms with E-state index in [1.165, 1.54) is 61.4 Å². The number of hydrogen-bond acceptors (Lipinski definition) is 1. The summed E-state index contributed by atoms with van der Waals surface area (Å²) in [5, 5.41) is 2.30. The SMILES string of the molecule is [2H]C(C)(C)c1c[n+]2c(cc1C(=C(C)C)/C(C)=C\C)-c1c(ccc3c1oc1c4c(ccc13)CC(C)=C4C)C21c2ccccc2-c2cccc[n+]21. The minimum Gasteiger partial charge on any atom is -0.454 e.